The molecule has 1 unspecified atom stereocenters. The van der Waals surface area contributed by atoms with E-state index in [2.05, 4.69) is 24.5 Å². The predicted molar refractivity (Wildman–Crippen MR) is 101 cm³/mol. The van der Waals surface area contributed by atoms with Gasteiger partial charge in [-0.1, -0.05) is 18.2 Å². The summed E-state index contributed by atoms with van der Waals surface area (Å²) in [7, 11) is 1.66. The molecule has 0 bridgehead atoms. The highest BCUT2D eigenvalue weighted by molar-refractivity contribution is 7.80. The minimum absolute atomic E-state index is 0.0818. The van der Waals surface area contributed by atoms with Gasteiger partial charge in [0.1, 0.15) is 17.1 Å². The number of anilines is 1. The highest BCUT2D eigenvalue weighted by Gasteiger charge is 2.34. The smallest absolute Gasteiger partial charge is 0.171 e. The van der Waals surface area contributed by atoms with Crippen molar-refractivity contribution in [2.45, 2.75) is 31.9 Å². The van der Waals surface area contributed by atoms with Crippen LogP contribution in [0.2, 0.25) is 0 Å². The molecule has 126 valence electrons. The molecule has 0 saturated carbocycles. The van der Waals surface area contributed by atoms with Gasteiger partial charge in [-0.05, 0) is 50.3 Å². The zero-order valence-electron chi connectivity index (χ0n) is 14.1. The maximum Gasteiger partial charge on any atom is 0.171 e. The number of benzene rings is 2. The van der Waals surface area contributed by atoms with E-state index in [0.717, 1.165) is 29.2 Å². The summed E-state index contributed by atoms with van der Waals surface area (Å²) < 4.78 is 11.4. The number of fused-ring (bicyclic) bond motifs is 1. The molecule has 3 rings (SSSR count). The van der Waals surface area contributed by atoms with E-state index in [1.165, 1.54) is 0 Å². The van der Waals surface area contributed by atoms with E-state index in [1.807, 2.05) is 48.5 Å². The fourth-order valence-electron chi connectivity index (χ4n) is 2.93. The SMILES string of the molecule is COc1ccc2c(c1)OC(C)(C)CC2NC(=S)Nc1ccccc1. The maximum atomic E-state index is 6.11. The summed E-state index contributed by atoms with van der Waals surface area (Å²) in [5.74, 6) is 1.63. The van der Waals surface area contributed by atoms with Crippen molar-refractivity contribution in [3.8, 4) is 11.5 Å². The van der Waals surface area contributed by atoms with Crippen LogP contribution in [-0.4, -0.2) is 17.8 Å². The van der Waals surface area contributed by atoms with Crippen LogP contribution in [0.5, 0.6) is 11.5 Å². The van der Waals surface area contributed by atoms with E-state index in [0.29, 0.717) is 5.11 Å². The molecule has 1 aliphatic heterocycles. The fourth-order valence-corrected chi connectivity index (χ4v) is 3.19. The first-order valence-corrected chi connectivity index (χ1v) is 8.37. The van der Waals surface area contributed by atoms with Gasteiger partial charge in [-0.2, -0.15) is 0 Å². The van der Waals surface area contributed by atoms with Gasteiger partial charge in [0.2, 0.25) is 0 Å². The summed E-state index contributed by atoms with van der Waals surface area (Å²) in [6, 6.07) is 15.9. The van der Waals surface area contributed by atoms with Gasteiger partial charge in [0, 0.05) is 23.7 Å². The standard InChI is InChI=1S/C19H22N2O2S/c1-19(2)12-16(15-10-9-14(22-3)11-17(15)23-19)21-18(24)20-13-7-5-4-6-8-13/h4-11,16H,12H2,1-3H3,(H2,20,21,24). The molecule has 4 nitrogen and oxygen atoms in total. The summed E-state index contributed by atoms with van der Waals surface area (Å²) in [6.07, 6.45) is 0.822. The Kier molecular flexibility index (Phi) is 4.62. The van der Waals surface area contributed by atoms with Crippen molar-refractivity contribution < 1.29 is 9.47 Å². The Morgan fingerprint density at radius 2 is 1.96 bits per heavy atom. The van der Waals surface area contributed by atoms with E-state index >= 15 is 0 Å². The van der Waals surface area contributed by atoms with Crippen LogP contribution in [0, 0.1) is 0 Å². The summed E-state index contributed by atoms with van der Waals surface area (Å²) in [6.45, 7) is 4.16. The first-order chi connectivity index (χ1) is 11.5. The van der Waals surface area contributed by atoms with Crippen molar-refractivity contribution >= 4 is 23.0 Å². The number of para-hydroxylation sites is 1. The van der Waals surface area contributed by atoms with E-state index < -0.39 is 0 Å². The molecule has 1 atom stereocenters. The Morgan fingerprint density at radius 1 is 1.21 bits per heavy atom. The van der Waals surface area contributed by atoms with E-state index in [-0.39, 0.29) is 11.6 Å². The second kappa shape index (κ2) is 6.69. The zero-order chi connectivity index (χ0) is 17.2. The topological polar surface area (TPSA) is 42.5 Å². The van der Waals surface area contributed by atoms with Crippen molar-refractivity contribution in [1.82, 2.24) is 5.32 Å². The van der Waals surface area contributed by atoms with Crippen LogP contribution in [-0.2, 0) is 0 Å². The molecule has 5 heteroatoms. The molecule has 2 aromatic rings. The normalized spacial score (nSPS) is 18.0. The van der Waals surface area contributed by atoms with Crippen LogP contribution in [0.15, 0.2) is 48.5 Å². The summed E-state index contributed by atoms with van der Waals surface area (Å²) in [4.78, 5) is 0. The van der Waals surface area contributed by atoms with Crippen LogP contribution in [0.25, 0.3) is 0 Å². The minimum atomic E-state index is -0.278. The third-order valence-corrected chi connectivity index (χ3v) is 4.23. The Morgan fingerprint density at radius 3 is 2.67 bits per heavy atom. The Bertz CT molecular complexity index is 731. The van der Waals surface area contributed by atoms with Gasteiger partial charge in [-0.15, -0.1) is 0 Å². The van der Waals surface area contributed by atoms with Crippen molar-refractivity contribution in [3.05, 3.63) is 54.1 Å². The highest BCUT2D eigenvalue weighted by atomic mass is 32.1. The molecule has 0 spiro atoms. The number of rotatable bonds is 3. The summed E-state index contributed by atoms with van der Waals surface area (Å²) in [5.41, 5.74) is 1.78. The largest absolute Gasteiger partial charge is 0.497 e. The lowest BCUT2D eigenvalue weighted by Crippen LogP contribution is -2.42. The van der Waals surface area contributed by atoms with Crippen LogP contribution in [0.4, 0.5) is 5.69 Å². The number of nitrogens with one attached hydrogen (secondary N) is 2. The molecular formula is C19H22N2O2S. The average molecular weight is 342 g/mol. The second-order valence-corrected chi connectivity index (χ2v) is 6.89. The highest BCUT2D eigenvalue weighted by Crippen LogP contribution is 2.41. The molecule has 2 aromatic carbocycles. The first kappa shape index (κ1) is 16.6. The average Bonchev–Trinajstić information content (AvgIpc) is 2.54. The maximum absolute atomic E-state index is 6.11. The van der Waals surface area contributed by atoms with Crippen molar-refractivity contribution in [2.24, 2.45) is 0 Å². The lowest BCUT2D eigenvalue weighted by molar-refractivity contribution is 0.0693. The zero-order valence-corrected chi connectivity index (χ0v) is 14.9. The Balaban J connectivity index is 1.79. The fraction of sp³-hybridized carbons (Fsp3) is 0.316. The van der Waals surface area contributed by atoms with E-state index in [1.54, 1.807) is 7.11 Å². The number of hydrogen-bond acceptors (Lipinski definition) is 3. The van der Waals surface area contributed by atoms with Gasteiger partial charge in [0.15, 0.2) is 5.11 Å². The molecular weight excluding hydrogens is 320 g/mol. The lowest BCUT2D eigenvalue weighted by atomic mass is 9.89. The van der Waals surface area contributed by atoms with Gasteiger partial charge < -0.3 is 20.1 Å². The van der Waals surface area contributed by atoms with E-state index in [4.69, 9.17) is 21.7 Å². The Hall–Kier alpha value is -2.27. The molecule has 0 saturated heterocycles. The van der Waals surface area contributed by atoms with Gasteiger partial charge in [-0.25, -0.2) is 0 Å². The van der Waals surface area contributed by atoms with Crippen molar-refractivity contribution in [1.29, 1.82) is 0 Å². The number of methoxy groups -OCH3 is 1. The predicted octanol–water partition coefficient (Wildman–Crippen LogP) is 4.28. The number of hydrogen-bond donors (Lipinski definition) is 2. The quantitative estimate of drug-likeness (QED) is 0.815. The van der Waals surface area contributed by atoms with Crippen LogP contribution in [0.3, 0.4) is 0 Å². The molecule has 0 amide bonds. The molecule has 0 radical (unpaired) electrons. The van der Waals surface area contributed by atoms with Gasteiger partial charge >= 0.3 is 0 Å². The van der Waals surface area contributed by atoms with Crippen LogP contribution < -0.4 is 20.1 Å². The van der Waals surface area contributed by atoms with Crippen LogP contribution in [0.1, 0.15) is 31.9 Å². The molecule has 0 fully saturated rings. The molecule has 2 N–H and O–H groups in total. The lowest BCUT2D eigenvalue weighted by Gasteiger charge is -2.38. The molecule has 0 aromatic heterocycles. The van der Waals surface area contributed by atoms with Gasteiger partial charge in [-0.3, -0.25) is 0 Å². The molecule has 1 heterocycles. The van der Waals surface area contributed by atoms with Crippen LogP contribution >= 0.6 is 12.2 Å². The van der Waals surface area contributed by atoms with Crippen molar-refractivity contribution in [2.75, 3.05) is 12.4 Å². The van der Waals surface area contributed by atoms with E-state index in [9.17, 15) is 0 Å². The third-order valence-electron chi connectivity index (χ3n) is 4.02. The van der Waals surface area contributed by atoms with Gasteiger partial charge in [0.05, 0.1) is 13.2 Å². The number of thiocarbonyl (C=S) groups is 1. The monoisotopic (exact) mass is 342 g/mol. The summed E-state index contributed by atoms with van der Waals surface area (Å²) >= 11 is 5.48. The molecule has 24 heavy (non-hydrogen) atoms. The third kappa shape index (κ3) is 3.79. The summed E-state index contributed by atoms with van der Waals surface area (Å²) in [5, 5.41) is 7.24. The minimum Gasteiger partial charge on any atom is -0.497 e. The second-order valence-electron chi connectivity index (χ2n) is 6.49. The van der Waals surface area contributed by atoms with Crippen molar-refractivity contribution in [3.63, 3.8) is 0 Å². The molecule has 0 aliphatic carbocycles. The first-order valence-electron chi connectivity index (χ1n) is 7.96. The number of ether oxygens (including phenoxy) is 2. The molecule has 1 aliphatic rings. The Labute approximate surface area is 148 Å². The van der Waals surface area contributed by atoms with Gasteiger partial charge in [0.25, 0.3) is 0 Å².